The van der Waals surface area contributed by atoms with Crippen molar-refractivity contribution in [1.82, 2.24) is 0 Å². The lowest BCUT2D eigenvalue weighted by Gasteiger charge is -2.40. The van der Waals surface area contributed by atoms with Gasteiger partial charge in [-0.15, -0.1) is 0 Å². The second-order valence-electron chi connectivity index (χ2n) is 6.71. The average molecular weight is 532 g/mol. The van der Waals surface area contributed by atoms with Gasteiger partial charge in [0.2, 0.25) is 0 Å². The van der Waals surface area contributed by atoms with Crippen molar-refractivity contribution in [2.24, 2.45) is 0 Å². The molecular formula is C14H12F16O3. The van der Waals surface area contributed by atoms with Crippen molar-refractivity contribution in [3.05, 3.63) is 0 Å². The third kappa shape index (κ3) is 5.88. The Morgan fingerprint density at radius 2 is 0.970 bits per heavy atom. The minimum absolute atomic E-state index is 2.60. The third-order valence-electron chi connectivity index (χ3n) is 4.16. The zero-order chi connectivity index (χ0) is 26.3. The summed E-state index contributed by atoms with van der Waals surface area (Å²) >= 11 is 0. The molecule has 0 radical (unpaired) electrons. The number of hydrogen-bond acceptors (Lipinski definition) is 3. The van der Waals surface area contributed by atoms with E-state index in [2.05, 4.69) is 14.2 Å². The van der Waals surface area contributed by atoms with Gasteiger partial charge in [-0.3, -0.25) is 0 Å². The van der Waals surface area contributed by atoms with Gasteiger partial charge in [-0.2, -0.15) is 43.9 Å². The highest BCUT2D eigenvalue weighted by Gasteiger charge is 2.81. The molecule has 3 nitrogen and oxygen atoms in total. The van der Waals surface area contributed by atoms with Gasteiger partial charge in [0.25, 0.3) is 5.79 Å². The molecule has 0 aliphatic heterocycles. The maximum Gasteiger partial charge on any atom is 0.365 e. The van der Waals surface area contributed by atoms with Crippen LogP contribution < -0.4 is 0 Å². The number of rotatable bonds is 12. The summed E-state index contributed by atoms with van der Waals surface area (Å²) < 4.78 is 219. The Balaban J connectivity index is 3.47. The molecule has 0 heterocycles. The lowest BCUT2D eigenvalue weighted by molar-refractivity contribution is -0.401. The lowest BCUT2D eigenvalue weighted by atomic mass is 10.1. The minimum Gasteiger partial charge on any atom is -0.366 e. The molecule has 0 bridgehead atoms. The molecule has 1 rings (SSSR count). The second kappa shape index (κ2) is 9.43. The van der Waals surface area contributed by atoms with Gasteiger partial charge in [-0.25, -0.2) is 26.3 Å². The number of alkyl halides is 16. The quantitative estimate of drug-likeness (QED) is 0.247. The Kier molecular flexibility index (Phi) is 8.51. The van der Waals surface area contributed by atoms with Crippen LogP contribution >= 0.6 is 0 Å². The van der Waals surface area contributed by atoms with Crippen molar-refractivity contribution in [2.75, 3.05) is 19.8 Å². The van der Waals surface area contributed by atoms with Crippen LogP contribution in [0.3, 0.4) is 0 Å². The summed E-state index contributed by atoms with van der Waals surface area (Å²) in [5.74, 6) is -33.0. The highest BCUT2D eigenvalue weighted by Crippen LogP contribution is 2.57. The van der Waals surface area contributed by atoms with Crippen molar-refractivity contribution in [2.45, 2.75) is 67.2 Å². The van der Waals surface area contributed by atoms with Gasteiger partial charge in [0.15, 0.2) is 0 Å². The van der Waals surface area contributed by atoms with Crippen molar-refractivity contribution >= 4 is 0 Å². The van der Waals surface area contributed by atoms with E-state index in [1.165, 1.54) is 0 Å². The van der Waals surface area contributed by atoms with Gasteiger partial charge < -0.3 is 14.2 Å². The van der Waals surface area contributed by atoms with Gasteiger partial charge in [0.05, 0.1) is 0 Å². The van der Waals surface area contributed by atoms with E-state index in [-0.39, 0.29) is 0 Å². The average Bonchev–Trinajstić information content (AvgIpc) is 2.79. The van der Waals surface area contributed by atoms with Gasteiger partial charge in [0, 0.05) is 6.42 Å². The zero-order valence-corrected chi connectivity index (χ0v) is 15.4. The largest absolute Gasteiger partial charge is 0.366 e. The molecular weight excluding hydrogens is 520 g/mol. The summed E-state index contributed by atoms with van der Waals surface area (Å²) in [6, 6.07) is 0. The SMILES string of the molecule is FC(F)C(F)(F)COC1CC(F)(F)C(F)(F)C1(OCC(F)(F)C(F)F)OCC(F)(F)C(F)F. The predicted octanol–water partition coefficient (Wildman–Crippen LogP) is 5.48. The molecule has 1 atom stereocenters. The summed E-state index contributed by atoms with van der Waals surface area (Å²) in [5, 5.41) is 0. The molecule has 1 aliphatic rings. The second-order valence-corrected chi connectivity index (χ2v) is 6.71. The summed E-state index contributed by atoms with van der Waals surface area (Å²) in [4.78, 5) is 0. The Morgan fingerprint density at radius 3 is 1.30 bits per heavy atom. The van der Waals surface area contributed by atoms with Crippen LogP contribution in [0.1, 0.15) is 6.42 Å². The Labute approximate surface area is 172 Å². The Bertz CT molecular complexity index is 628. The first-order chi connectivity index (χ1) is 14.6. The fourth-order valence-corrected chi connectivity index (χ4v) is 2.34. The van der Waals surface area contributed by atoms with Crippen LogP contribution in [0.15, 0.2) is 0 Å². The third-order valence-corrected chi connectivity index (χ3v) is 4.16. The Hall–Kier alpha value is -1.24. The molecule has 0 aromatic carbocycles. The van der Waals surface area contributed by atoms with Crippen molar-refractivity contribution in [3.8, 4) is 0 Å². The van der Waals surface area contributed by atoms with Gasteiger partial charge >= 0.3 is 48.9 Å². The van der Waals surface area contributed by atoms with Crippen LogP contribution in [-0.4, -0.2) is 80.6 Å². The van der Waals surface area contributed by atoms with E-state index >= 15 is 0 Å². The maximum absolute atomic E-state index is 14.3. The molecule has 0 amide bonds. The molecule has 1 aliphatic carbocycles. The van der Waals surface area contributed by atoms with Crippen LogP contribution in [0.2, 0.25) is 0 Å². The number of halogens is 16. The molecule has 0 aromatic rings. The van der Waals surface area contributed by atoms with Crippen LogP contribution in [0.5, 0.6) is 0 Å². The molecule has 1 unspecified atom stereocenters. The van der Waals surface area contributed by atoms with Gasteiger partial charge in [0.1, 0.15) is 25.9 Å². The summed E-state index contributed by atoms with van der Waals surface area (Å²) in [5.41, 5.74) is 0. The molecule has 0 saturated heterocycles. The number of hydrogen-bond donors (Lipinski definition) is 0. The molecule has 19 heteroatoms. The van der Waals surface area contributed by atoms with Crippen LogP contribution in [0, 0.1) is 0 Å². The minimum atomic E-state index is -6.14. The molecule has 33 heavy (non-hydrogen) atoms. The monoisotopic (exact) mass is 532 g/mol. The van der Waals surface area contributed by atoms with Crippen LogP contribution in [0.4, 0.5) is 70.2 Å². The van der Waals surface area contributed by atoms with Crippen LogP contribution in [-0.2, 0) is 14.2 Å². The lowest BCUT2D eigenvalue weighted by Crippen LogP contribution is -2.62. The van der Waals surface area contributed by atoms with E-state index in [4.69, 9.17) is 0 Å². The topological polar surface area (TPSA) is 27.7 Å². The van der Waals surface area contributed by atoms with Crippen LogP contribution in [0.25, 0.3) is 0 Å². The first-order valence-corrected chi connectivity index (χ1v) is 8.19. The molecule has 1 fully saturated rings. The van der Waals surface area contributed by atoms with E-state index in [0.717, 1.165) is 0 Å². The van der Waals surface area contributed by atoms with E-state index < -0.39 is 87.0 Å². The maximum atomic E-state index is 14.3. The molecule has 0 spiro atoms. The first kappa shape index (κ1) is 29.8. The fourth-order valence-electron chi connectivity index (χ4n) is 2.34. The fraction of sp³-hybridized carbons (Fsp3) is 1.00. The van der Waals surface area contributed by atoms with E-state index in [0.29, 0.717) is 0 Å². The number of ether oxygens (including phenoxy) is 3. The van der Waals surface area contributed by atoms with Crippen molar-refractivity contribution in [1.29, 1.82) is 0 Å². The van der Waals surface area contributed by atoms with E-state index in [1.807, 2.05) is 0 Å². The zero-order valence-electron chi connectivity index (χ0n) is 15.4. The van der Waals surface area contributed by atoms with Crippen molar-refractivity contribution in [3.63, 3.8) is 0 Å². The van der Waals surface area contributed by atoms with E-state index in [1.54, 1.807) is 0 Å². The summed E-state index contributed by atoms with van der Waals surface area (Å²) in [7, 11) is 0. The summed E-state index contributed by atoms with van der Waals surface area (Å²) in [6.07, 6.45) is -20.3. The molecule has 198 valence electrons. The summed E-state index contributed by atoms with van der Waals surface area (Å²) in [6.45, 7) is -8.74. The molecule has 1 saturated carbocycles. The van der Waals surface area contributed by atoms with Gasteiger partial charge in [-0.1, -0.05) is 0 Å². The first-order valence-electron chi connectivity index (χ1n) is 8.19. The van der Waals surface area contributed by atoms with E-state index in [9.17, 15) is 70.2 Å². The molecule has 0 aromatic heterocycles. The molecule has 0 N–H and O–H groups in total. The predicted molar refractivity (Wildman–Crippen MR) is 71.7 cm³/mol. The normalized spacial score (nSPS) is 23.2. The smallest absolute Gasteiger partial charge is 0.365 e. The van der Waals surface area contributed by atoms with Gasteiger partial charge in [-0.05, 0) is 0 Å². The van der Waals surface area contributed by atoms with Crippen molar-refractivity contribution < 1.29 is 84.5 Å². The Morgan fingerprint density at radius 1 is 0.636 bits per heavy atom. The highest BCUT2D eigenvalue weighted by atomic mass is 19.3. The standard InChI is InChI=1S/C14H12F16O3/c15-6(16)9(21,22)2-31-5-1-12(27,28)14(29,30)13(5,32-3-10(23,24)7(17)18)33-4-11(25,26)8(19)20/h5-8H,1-4H2. The highest BCUT2D eigenvalue weighted by molar-refractivity contribution is 5.12.